The van der Waals surface area contributed by atoms with Crippen LogP contribution in [0.3, 0.4) is 0 Å². The van der Waals surface area contributed by atoms with Crippen molar-refractivity contribution < 1.29 is 0 Å². The van der Waals surface area contributed by atoms with Gasteiger partial charge in [0.05, 0.1) is 0 Å². The molecular formula is C12H23N. The molecule has 0 amide bonds. The Morgan fingerprint density at radius 1 is 1.15 bits per heavy atom. The number of rotatable bonds is 2. The number of hydrogen-bond donors (Lipinski definition) is 1. The first-order valence-electron chi connectivity index (χ1n) is 5.77. The highest BCUT2D eigenvalue weighted by Gasteiger charge is 2.59. The van der Waals surface area contributed by atoms with Crippen LogP contribution in [0.1, 0.15) is 47.0 Å². The minimum atomic E-state index is 0.407. The molecule has 1 heteroatoms. The lowest BCUT2D eigenvalue weighted by atomic mass is 9.64. The van der Waals surface area contributed by atoms with Gasteiger partial charge in [-0.15, -0.1) is 0 Å². The Balaban J connectivity index is 2.27. The lowest BCUT2D eigenvalue weighted by Gasteiger charge is -2.48. The summed E-state index contributed by atoms with van der Waals surface area (Å²) in [5.41, 5.74) is 0.913. The van der Waals surface area contributed by atoms with E-state index in [2.05, 4.69) is 33.0 Å². The molecule has 76 valence electrons. The molecule has 0 aromatic rings. The molecule has 0 aromatic carbocycles. The van der Waals surface area contributed by atoms with E-state index in [-0.39, 0.29) is 0 Å². The topological polar surface area (TPSA) is 12.0 Å². The molecule has 0 radical (unpaired) electrons. The predicted octanol–water partition coefficient (Wildman–Crippen LogP) is 2.81. The summed E-state index contributed by atoms with van der Waals surface area (Å²) < 4.78 is 0. The third-order valence-corrected chi connectivity index (χ3v) is 5.15. The normalized spacial score (nSPS) is 47.1. The van der Waals surface area contributed by atoms with E-state index >= 15 is 0 Å². The molecule has 0 aromatic heterocycles. The van der Waals surface area contributed by atoms with Crippen molar-refractivity contribution in [2.45, 2.75) is 52.5 Å². The zero-order valence-corrected chi connectivity index (χ0v) is 9.48. The van der Waals surface area contributed by atoms with Gasteiger partial charge in [0.1, 0.15) is 0 Å². The van der Waals surface area contributed by atoms with Crippen LogP contribution in [0.25, 0.3) is 0 Å². The Morgan fingerprint density at radius 3 is 2.23 bits per heavy atom. The van der Waals surface area contributed by atoms with E-state index in [9.17, 15) is 0 Å². The molecule has 0 spiro atoms. The molecule has 2 fully saturated rings. The lowest BCUT2D eigenvalue weighted by molar-refractivity contribution is 0.0678. The first kappa shape index (κ1) is 9.51. The maximum absolute atomic E-state index is 3.74. The molecule has 0 saturated heterocycles. The third kappa shape index (κ3) is 1.03. The molecule has 13 heavy (non-hydrogen) atoms. The van der Waals surface area contributed by atoms with Crippen molar-refractivity contribution in [1.82, 2.24) is 5.32 Å². The van der Waals surface area contributed by atoms with Gasteiger partial charge in [-0.2, -0.15) is 0 Å². The van der Waals surface area contributed by atoms with Crippen LogP contribution < -0.4 is 5.32 Å². The molecule has 2 bridgehead atoms. The van der Waals surface area contributed by atoms with Crippen molar-refractivity contribution in [1.29, 1.82) is 0 Å². The third-order valence-electron chi connectivity index (χ3n) is 5.15. The van der Waals surface area contributed by atoms with Crippen molar-refractivity contribution in [3.8, 4) is 0 Å². The maximum Gasteiger partial charge on any atom is 0.0235 e. The molecule has 2 aliphatic carbocycles. The first-order valence-corrected chi connectivity index (χ1v) is 5.77. The summed E-state index contributed by atoms with van der Waals surface area (Å²) in [6.45, 7) is 10.7. The second kappa shape index (κ2) is 2.73. The number of fused-ring (bicyclic) bond motifs is 2. The van der Waals surface area contributed by atoms with Gasteiger partial charge in [0.15, 0.2) is 0 Å². The minimum Gasteiger partial charge on any atom is -0.311 e. The van der Waals surface area contributed by atoms with Crippen molar-refractivity contribution in [3.63, 3.8) is 0 Å². The molecule has 1 N–H and O–H groups in total. The van der Waals surface area contributed by atoms with Crippen molar-refractivity contribution in [2.75, 3.05) is 6.54 Å². The summed E-state index contributed by atoms with van der Waals surface area (Å²) in [7, 11) is 0. The van der Waals surface area contributed by atoms with E-state index < -0.39 is 0 Å². The standard InChI is InChI=1S/C12H23N/c1-5-13-12(4)10-7-6-9(8-10)11(12,2)3/h9-10,13H,5-8H2,1-4H3. The predicted molar refractivity (Wildman–Crippen MR) is 56.7 cm³/mol. The molecule has 2 saturated carbocycles. The fraction of sp³-hybridized carbons (Fsp3) is 1.00. The molecule has 0 heterocycles. The van der Waals surface area contributed by atoms with Crippen molar-refractivity contribution in [3.05, 3.63) is 0 Å². The zero-order valence-electron chi connectivity index (χ0n) is 9.48. The van der Waals surface area contributed by atoms with Gasteiger partial charge in [-0.25, -0.2) is 0 Å². The van der Waals surface area contributed by atoms with Crippen LogP contribution in [0.2, 0.25) is 0 Å². The fourth-order valence-corrected chi connectivity index (χ4v) is 3.85. The molecule has 1 nitrogen and oxygen atoms in total. The van der Waals surface area contributed by atoms with Crippen LogP contribution in [0.15, 0.2) is 0 Å². The van der Waals surface area contributed by atoms with E-state index in [1.54, 1.807) is 0 Å². The highest BCUT2D eigenvalue weighted by Crippen LogP contribution is 2.61. The van der Waals surface area contributed by atoms with Crippen LogP contribution in [0.4, 0.5) is 0 Å². The number of nitrogens with one attached hydrogen (secondary N) is 1. The summed E-state index contributed by atoms with van der Waals surface area (Å²) in [5, 5.41) is 3.74. The van der Waals surface area contributed by atoms with Gasteiger partial charge in [0, 0.05) is 5.54 Å². The smallest absolute Gasteiger partial charge is 0.0235 e. The SMILES string of the molecule is CCNC1(C)C2CCC(C2)C1(C)C. The second-order valence-corrected chi connectivity index (χ2v) is 5.66. The average molecular weight is 181 g/mol. The monoisotopic (exact) mass is 181 g/mol. The average Bonchev–Trinajstić information content (AvgIpc) is 2.56. The Morgan fingerprint density at radius 2 is 1.77 bits per heavy atom. The zero-order chi connectivity index (χ0) is 9.69. The lowest BCUT2D eigenvalue weighted by Crippen LogP contribution is -2.57. The maximum atomic E-state index is 3.74. The second-order valence-electron chi connectivity index (χ2n) is 5.66. The van der Waals surface area contributed by atoms with Gasteiger partial charge in [0.2, 0.25) is 0 Å². The van der Waals surface area contributed by atoms with Crippen molar-refractivity contribution in [2.24, 2.45) is 17.3 Å². The summed E-state index contributed by atoms with van der Waals surface area (Å²) in [6, 6.07) is 0. The number of hydrogen-bond acceptors (Lipinski definition) is 1. The van der Waals surface area contributed by atoms with E-state index in [0.717, 1.165) is 18.4 Å². The van der Waals surface area contributed by atoms with Crippen LogP contribution in [-0.2, 0) is 0 Å². The van der Waals surface area contributed by atoms with Gasteiger partial charge >= 0.3 is 0 Å². The molecule has 0 aliphatic heterocycles. The van der Waals surface area contributed by atoms with E-state index in [4.69, 9.17) is 0 Å². The van der Waals surface area contributed by atoms with Gasteiger partial charge in [0.25, 0.3) is 0 Å². The molecule has 2 rings (SSSR count). The van der Waals surface area contributed by atoms with Crippen LogP contribution in [0, 0.1) is 17.3 Å². The summed E-state index contributed by atoms with van der Waals surface area (Å²) in [4.78, 5) is 0. The van der Waals surface area contributed by atoms with Gasteiger partial charge < -0.3 is 5.32 Å². The fourth-order valence-electron chi connectivity index (χ4n) is 3.85. The van der Waals surface area contributed by atoms with E-state index in [1.807, 2.05) is 0 Å². The largest absolute Gasteiger partial charge is 0.311 e. The van der Waals surface area contributed by atoms with Crippen molar-refractivity contribution >= 4 is 0 Å². The summed E-state index contributed by atoms with van der Waals surface area (Å²) in [5.74, 6) is 1.91. The summed E-state index contributed by atoms with van der Waals surface area (Å²) >= 11 is 0. The molecular weight excluding hydrogens is 158 g/mol. The Kier molecular flexibility index (Phi) is 1.99. The molecule has 3 atom stereocenters. The Labute approximate surface area is 82.3 Å². The highest BCUT2D eigenvalue weighted by molar-refractivity contribution is 5.13. The minimum absolute atomic E-state index is 0.407. The van der Waals surface area contributed by atoms with Gasteiger partial charge in [-0.05, 0) is 50.0 Å². The Hall–Kier alpha value is -0.0400. The van der Waals surface area contributed by atoms with Gasteiger partial charge in [-0.3, -0.25) is 0 Å². The van der Waals surface area contributed by atoms with E-state index in [0.29, 0.717) is 11.0 Å². The highest BCUT2D eigenvalue weighted by atomic mass is 15.0. The van der Waals surface area contributed by atoms with Crippen LogP contribution in [0.5, 0.6) is 0 Å². The quantitative estimate of drug-likeness (QED) is 0.690. The molecule has 2 aliphatic rings. The van der Waals surface area contributed by atoms with Crippen LogP contribution >= 0.6 is 0 Å². The van der Waals surface area contributed by atoms with Crippen LogP contribution in [-0.4, -0.2) is 12.1 Å². The first-order chi connectivity index (χ1) is 6.02. The van der Waals surface area contributed by atoms with E-state index in [1.165, 1.54) is 19.3 Å². The Bertz CT molecular complexity index is 209. The van der Waals surface area contributed by atoms with Gasteiger partial charge in [-0.1, -0.05) is 20.8 Å². The summed E-state index contributed by atoms with van der Waals surface area (Å²) in [6.07, 6.45) is 4.40. The molecule has 3 unspecified atom stereocenters.